The van der Waals surface area contributed by atoms with E-state index in [4.69, 9.17) is 20.1 Å². The van der Waals surface area contributed by atoms with Crippen molar-refractivity contribution in [3.05, 3.63) is 53.6 Å². The molecule has 2 aromatic carbocycles. The molecule has 0 spiro atoms. The summed E-state index contributed by atoms with van der Waals surface area (Å²) in [7, 11) is -0.129. The lowest BCUT2D eigenvalue weighted by Crippen LogP contribution is -2.30. The number of fused-ring (bicyclic) bond motifs is 2. The van der Waals surface area contributed by atoms with Gasteiger partial charge in [0, 0.05) is 53.8 Å². The van der Waals surface area contributed by atoms with Gasteiger partial charge in [0.15, 0.2) is 0 Å². The van der Waals surface area contributed by atoms with Crippen LogP contribution in [0, 0.1) is 0 Å². The topological polar surface area (TPSA) is 70.6 Å². The third-order valence-corrected chi connectivity index (χ3v) is 8.74. The van der Waals surface area contributed by atoms with Gasteiger partial charge in [0.1, 0.15) is 5.82 Å². The highest BCUT2D eigenvalue weighted by Crippen LogP contribution is 2.34. The maximum Gasteiger partial charge on any atom is 0.263 e. The second kappa shape index (κ2) is 8.85. The zero-order valence-corrected chi connectivity index (χ0v) is 19.7. The number of benzene rings is 2. The van der Waals surface area contributed by atoms with Crippen LogP contribution in [0.15, 0.2) is 51.7 Å². The molecule has 2 fully saturated rings. The monoisotopic (exact) mass is 482 g/mol. The highest BCUT2D eigenvalue weighted by molar-refractivity contribution is 7.87. The summed E-state index contributed by atoms with van der Waals surface area (Å²) < 4.78 is 32.0. The molecule has 2 aliphatic heterocycles. The molecule has 34 heavy (non-hydrogen) atoms. The molecule has 1 saturated carbocycles. The van der Waals surface area contributed by atoms with Gasteiger partial charge >= 0.3 is 0 Å². The Bertz CT molecular complexity index is 1260. The van der Waals surface area contributed by atoms with Crippen molar-refractivity contribution in [1.29, 1.82) is 0 Å². The van der Waals surface area contributed by atoms with Crippen LogP contribution < -0.4 is 15.5 Å². The summed E-state index contributed by atoms with van der Waals surface area (Å²) in [5.41, 5.74) is 8.11. The van der Waals surface area contributed by atoms with Crippen LogP contribution >= 0.6 is 0 Å². The van der Waals surface area contributed by atoms with E-state index in [0.29, 0.717) is 41.8 Å². The van der Waals surface area contributed by atoms with Gasteiger partial charge in [-0.2, -0.15) is 4.98 Å². The van der Waals surface area contributed by atoms with Crippen LogP contribution in [0.5, 0.6) is 0 Å². The van der Waals surface area contributed by atoms with Crippen molar-refractivity contribution in [2.45, 2.75) is 49.2 Å². The van der Waals surface area contributed by atoms with E-state index in [1.54, 1.807) is 6.07 Å². The second-order valence-corrected chi connectivity index (χ2v) is 11.1. The van der Waals surface area contributed by atoms with Gasteiger partial charge in [-0.1, -0.05) is 35.0 Å². The number of hydrogen-bond acceptors (Lipinski definition) is 6. The molecule has 178 valence electrons. The van der Waals surface area contributed by atoms with Crippen LogP contribution in [0.25, 0.3) is 10.9 Å². The summed E-state index contributed by atoms with van der Waals surface area (Å²) in [6, 6.07) is 13.8. The fourth-order valence-corrected chi connectivity index (χ4v) is 6.79. The maximum absolute atomic E-state index is 13.5. The summed E-state index contributed by atoms with van der Waals surface area (Å²) in [6.07, 6.45) is 0.724. The third-order valence-electron chi connectivity index (χ3n) is 6.71. The lowest BCUT2D eigenvalue weighted by Gasteiger charge is -2.25. The summed E-state index contributed by atoms with van der Waals surface area (Å²) in [5.74, 6) is 2.28. The van der Waals surface area contributed by atoms with Crippen LogP contribution in [0.3, 0.4) is 0 Å². The number of nitrogens with zero attached hydrogens (tertiary/aromatic N) is 5. The number of anilines is 2. The number of halogens is 2. The molecular formula is C25H28F2N6S. The van der Waals surface area contributed by atoms with Crippen molar-refractivity contribution in [2.75, 3.05) is 35.2 Å². The first-order valence-corrected chi connectivity index (χ1v) is 13.3. The van der Waals surface area contributed by atoms with Crippen LogP contribution in [0.2, 0.25) is 0 Å². The Balaban J connectivity index is 1.42. The highest BCUT2D eigenvalue weighted by Gasteiger charge is 2.27. The van der Waals surface area contributed by atoms with Gasteiger partial charge in [0.05, 0.1) is 11.6 Å². The Kier molecular flexibility index (Phi) is 5.69. The van der Waals surface area contributed by atoms with E-state index in [2.05, 4.69) is 34.1 Å². The van der Waals surface area contributed by atoms with Gasteiger partial charge in [-0.25, -0.2) is 13.8 Å². The first kappa shape index (κ1) is 21.9. The molecule has 6 nitrogen and oxygen atoms in total. The predicted molar refractivity (Wildman–Crippen MR) is 133 cm³/mol. The SMILES string of the molecule is N[C@@H]1CCN(c2nc(N3CCS(=NC4CC4)c4ccccc4C3)nc3ccc(C(F)F)cc23)C1. The molecule has 1 unspecified atom stereocenters. The van der Waals surface area contributed by atoms with Crippen LogP contribution in [-0.2, 0) is 17.2 Å². The molecule has 2 N–H and O–H groups in total. The fraction of sp³-hybridized carbons (Fsp3) is 0.440. The van der Waals surface area contributed by atoms with Gasteiger partial charge in [-0.05, 0) is 43.0 Å². The van der Waals surface area contributed by atoms with Crippen molar-refractivity contribution in [3.63, 3.8) is 0 Å². The van der Waals surface area contributed by atoms with Crippen molar-refractivity contribution in [1.82, 2.24) is 9.97 Å². The molecule has 3 aliphatic rings. The Morgan fingerprint density at radius 1 is 1.03 bits per heavy atom. The average molecular weight is 483 g/mol. The Morgan fingerprint density at radius 3 is 2.65 bits per heavy atom. The van der Waals surface area contributed by atoms with E-state index < -0.39 is 6.43 Å². The molecule has 0 amide bonds. The largest absolute Gasteiger partial charge is 0.354 e. The molecule has 1 saturated heterocycles. The molecular weight excluding hydrogens is 454 g/mol. The molecule has 0 bridgehead atoms. The van der Waals surface area contributed by atoms with Crippen molar-refractivity contribution >= 4 is 33.4 Å². The summed E-state index contributed by atoms with van der Waals surface area (Å²) >= 11 is 0. The van der Waals surface area contributed by atoms with E-state index in [0.717, 1.165) is 25.3 Å². The summed E-state index contributed by atoms with van der Waals surface area (Å²) in [5, 5.41) is 0.661. The number of hydrogen-bond donors (Lipinski definition) is 1. The molecule has 1 aromatic heterocycles. The average Bonchev–Trinajstić information content (AvgIpc) is 3.60. The Hall–Kier alpha value is -2.65. The minimum atomic E-state index is -2.53. The van der Waals surface area contributed by atoms with E-state index in [1.165, 1.54) is 35.4 Å². The third kappa shape index (κ3) is 4.27. The minimum absolute atomic E-state index is 0.0111. The molecule has 9 heteroatoms. The van der Waals surface area contributed by atoms with Crippen molar-refractivity contribution in [2.24, 2.45) is 10.1 Å². The zero-order chi connectivity index (χ0) is 23.2. The number of aromatic nitrogens is 2. The predicted octanol–water partition coefficient (Wildman–Crippen LogP) is 4.45. The van der Waals surface area contributed by atoms with E-state index in [9.17, 15) is 8.78 Å². The first-order chi connectivity index (χ1) is 16.5. The van der Waals surface area contributed by atoms with Gasteiger partial charge in [-0.15, -0.1) is 0 Å². The lowest BCUT2D eigenvalue weighted by molar-refractivity contribution is 0.151. The minimum Gasteiger partial charge on any atom is -0.354 e. The Morgan fingerprint density at radius 2 is 1.88 bits per heavy atom. The van der Waals surface area contributed by atoms with E-state index in [1.807, 2.05) is 0 Å². The first-order valence-electron chi connectivity index (χ1n) is 11.9. The fourth-order valence-electron chi connectivity index (χ4n) is 4.71. The summed E-state index contributed by atoms with van der Waals surface area (Å²) in [4.78, 5) is 15.5. The molecule has 3 heterocycles. The highest BCUT2D eigenvalue weighted by atomic mass is 32.2. The number of nitrogens with two attached hydrogens (primary N) is 1. The lowest BCUT2D eigenvalue weighted by atomic mass is 10.1. The van der Waals surface area contributed by atoms with Crippen LogP contribution in [-0.4, -0.2) is 47.4 Å². The number of alkyl halides is 2. The quantitative estimate of drug-likeness (QED) is 0.595. The van der Waals surface area contributed by atoms with Gasteiger partial charge < -0.3 is 15.5 Å². The van der Waals surface area contributed by atoms with Crippen LogP contribution in [0.4, 0.5) is 20.5 Å². The van der Waals surface area contributed by atoms with E-state index in [-0.39, 0.29) is 22.3 Å². The second-order valence-electron chi connectivity index (χ2n) is 9.35. The smallest absolute Gasteiger partial charge is 0.263 e. The van der Waals surface area contributed by atoms with E-state index >= 15 is 0 Å². The van der Waals surface area contributed by atoms with Gasteiger partial charge in [0.25, 0.3) is 6.43 Å². The standard InChI is InChI=1S/C25H28F2N6S/c26-23(27)16-5-8-21-20(13-16)24(32-10-9-18(28)15-32)30-25(29-21)33-11-12-34(31-19-6-7-19)22-4-2-1-3-17(22)14-33/h1-5,8,13,18-19,23H,6-7,9-12,14-15,28H2/t18-,34?/m1/s1. The summed E-state index contributed by atoms with van der Waals surface area (Å²) in [6.45, 7) is 2.93. The van der Waals surface area contributed by atoms with Crippen LogP contribution in [0.1, 0.15) is 36.8 Å². The number of rotatable bonds is 4. The molecule has 1 aliphatic carbocycles. The zero-order valence-electron chi connectivity index (χ0n) is 18.9. The molecule has 2 atom stereocenters. The van der Waals surface area contributed by atoms with Crippen molar-refractivity contribution < 1.29 is 8.78 Å². The maximum atomic E-state index is 13.5. The van der Waals surface area contributed by atoms with Gasteiger partial charge in [0.2, 0.25) is 5.95 Å². The van der Waals surface area contributed by atoms with Crippen molar-refractivity contribution in [3.8, 4) is 0 Å². The van der Waals surface area contributed by atoms with Gasteiger partial charge in [-0.3, -0.25) is 4.36 Å². The molecule has 0 radical (unpaired) electrons. The molecule has 6 rings (SSSR count). The Labute approximate surface area is 200 Å². The molecule has 3 aromatic rings. The normalized spacial score (nSPS) is 23.1.